The number of aryl methyl sites for hydroxylation is 2. The Balaban J connectivity index is 2.05. The van der Waals surface area contributed by atoms with Crippen molar-refractivity contribution >= 4 is 21.4 Å². The molecule has 0 aliphatic heterocycles. The van der Waals surface area contributed by atoms with E-state index in [2.05, 4.69) is 56.3 Å². The van der Waals surface area contributed by atoms with Gasteiger partial charge in [0.25, 0.3) is 0 Å². The monoisotopic (exact) mass is 297 g/mol. The average Bonchev–Trinajstić information content (AvgIpc) is 2.92. The molecule has 21 heavy (non-hydrogen) atoms. The maximum atomic E-state index is 6.51. The van der Waals surface area contributed by atoms with E-state index in [9.17, 15) is 0 Å². The van der Waals surface area contributed by atoms with Crippen LogP contribution in [0.15, 0.2) is 42.5 Å². The van der Waals surface area contributed by atoms with Gasteiger partial charge in [-0.1, -0.05) is 24.3 Å². The van der Waals surface area contributed by atoms with Gasteiger partial charge in [-0.2, -0.15) is 0 Å². The summed E-state index contributed by atoms with van der Waals surface area (Å²) in [6.45, 7) is 4.14. The Hall–Kier alpha value is -1.84. The molecule has 2 nitrogen and oxygen atoms in total. The van der Waals surface area contributed by atoms with Crippen molar-refractivity contribution < 1.29 is 4.74 Å². The van der Waals surface area contributed by atoms with Crippen molar-refractivity contribution in [1.29, 1.82) is 0 Å². The summed E-state index contributed by atoms with van der Waals surface area (Å²) in [5.74, 6) is 0.916. The lowest BCUT2D eigenvalue weighted by atomic mass is 9.97. The van der Waals surface area contributed by atoms with Gasteiger partial charge in [0.15, 0.2) is 0 Å². The Labute approximate surface area is 129 Å². The Morgan fingerprint density at radius 3 is 2.52 bits per heavy atom. The number of hydrogen-bond donors (Lipinski definition) is 1. The van der Waals surface area contributed by atoms with E-state index in [1.54, 1.807) is 18.4 Å². The van der Waals surface area contributed by atoms with E-state index in [1.807, 2.05) is 0 Å². The second-order valence-corrected chi connectivity index (χ2v) is 6.46. The van der Waals surface area contributed by atoms with Crippen LogP contribution in [0.1, 0.15) is 27.6 Å². The molecule has 1 atom stereocenters. The first-order chi connectivity index (χ1) is 10.1. The highest BCUT2D eigenvalue weighted by Crippen LogP contribution is 2.34. The van der Waals surface area contributed by atoms with Crippen LogP contribution in [0.3, 0.4) is 0 Å². The van der Waals surface area contributed by atoms with Crippen LogP contribution in [0.4, 0.5) is 0 Å². The molecule has 3 heteroatoms. The maximum Gasteiger partial charge on any atom is 0.122 e. The maximum absolute atomic E-state index is 6.51. The highest BCUT2D eigenvalue weighted by Gasteiger charge is 2.16. The van der Waals surface area contributed by atoms with Crippen molar-refractivity contribution in [2.24, 2.45) is 5.73 Å². The standard InChI is InChI=1S/C18H19NOS/c1-11-9-15(20-3)12(2)8-14(11)18(19)17-10-13-6-4-5-7-16(13)21-17/h4-10,18H,19H2,1-3H3. The number of thiophene rings is 1. The highest BCUT2D eigenvalue weighted by atomic mass is 32.1. The van der Waals surface area contributed by atoms with E-state index >= 15 is 0 Å². The number of hydrogen-bond acceptors (Lipinski definition) is 3. The van der Waals surface area contributed by atoms with Crippen LogP contribution < -0.4 is 10.5 Å². The Morgan fingerprint density at radius 1 is 1.05 bits per heavy atom. The lowest BCUT2D eigenvalue weighted by Gasteiger charge is -2.16. The van der Waals surface area contributed by atoms with Gasteiger partial charge in [0.1, 0.15) is 5.75 Å². The lowest BCUT2D eigenvalue weighted by Crippen LogP contribution is -2.12. The van der Waals surface area contributed by atoms with Crippen LogP contribution in [0.25, 0.3) is 10.1 Å². The summed E-state index contributed by atoms with van der Waals surface area (Å²) in [4.78, 5) is 1.20. The second kappa shape index (κ2) is 5.51. The Bertz CT molecular complexity index is 758. The summed E-state index contributed by atoms with van der Waals surface area (Å²) in [7, 11) is 1.70. The van der Waals surface area contributed by atoms with Gasteiger partial charge in [0.05, 0.1) is 13.2 Å². The summed E-state index contributed by atoms with van der Waals surface area (Å²) < 4.78 is 6.66. The van der Waals surface area contributed by atoms with E-state index in [1.165, 1.54) is 26.1 Å². The van der Waals surface area contributed by atoms with Gasteiger partial charge in [-0.3, -0.25) is 0 Å². The van der Waals surface area contributed by atoms with Crippen LogP contribution in [0.5, 0.6) is 5.75 Å². The van der Waals surface area contributed by atoms with Crippen molar-refractivity contribution in [3.63, 3.8) is 0 Å². The van der Waals surface area contributed by atoms with E-state index in [0.29, 0.717) is 0 Å². The number of nitrogens with two attached hydrogens (primary N) is 1. The third-order valence-corrected chi connectivity index (χ3v) is 5.07. The number of ether oxygens (including phenoxy) is 1. The molecule has 0 amide bonds. The van der Waals surface area contributed by atoms with Crippen LogP contribution in [0, 0.1) is 13.8 Å². The normalized spacial score (nSPS) is 12.6. The number of benzene rings is 2. The van der Waals surface area contributed by atoms with Crippen molar-refractivity contribution in [3.8, 4) is 5.75 Å². The van der Waals surface area contributed by atoms with Gasteiger partial charge in [-0.15, -0.1) is 11.3 Å². The van der Waals surface area contributed by atoms with Gasteiger partial charge in [0.2, 0.25) is 0 Å². The summed E-state index contributed by atoms with van der Waals surface area (Å²) in [6.07, 6.45) is 0. The molecule has 0 spiro atoms. The molecule has 3 rings (SSSR count). The summed E-state index contributed by atoms with van der Waals surface area (Å²) in [5, 5.41) is 1.26. The summed E-state index contributed by atoms with van der Waals surface area (Å²) in [5.41, 5.74) is 9.97. The molecule has 1 unspecified atom stereocenters. The third kappa shape index (κ3) is 2.55. The number of methoxy groups -OCH3 is 1. The Morgan fingerprint density at radius 2 is 1.81 bits per heavy atom. The first kappa shape index (κ1) is 14.1. The summed E-state index contributed by atoms with van der Waals surface area (Å²) >= 11 is 1.77. The molecule has 3 aromatic rings. The van der Waals surface area contributed by atoms with E-state index in [-0.39, 0.29) is 6.04 Å². The predicted octanol–water partition coefficient (Wildman–Crippen LogP) is 4.57. The first-order valence-corrected chi connectivity index (χ1v) is 7.81. The van der Waals surface area contributed by atoms with E-state index in [4.69, 9.17) is 10.5 Å². The quantitative estimate of drug-likeness (QED) is 0.768. The molecule has 0 saturated carbocycles. The van der Waals surface area contributed by atoms with Gasteiger partial charge in [-0.25, -0.2) is 0 Å². The Kier molecular flexibility index (Phi) is 3.70. The molecular weight excluding hydrogens is 278 g/mol. The molecule has 0 saturated heterocycles. The molecular formula is C18H19NOS. The molecule has 0 radical (unpaired) electrons. The van der Waals surface area contributed by atoms with E-state index < -0.39 is 0 Å². The molecule has 1 heterocycles. The van der Waals surface area contributed by atoms with Crippen molar-refractivity contribution in [2.75, 3.05) is 7.11 Å². The molecule has 1 aromatic heterocycles. The van der Waals surface area contributed by atoms with Crippen molar-refractivity contribution in [2.45, 2.75) is 19.9 Å². The second-order valence-electron chi connectivity index (χ2n) is 5.34. The zero-order chi connectivity index (χ0) is 15.0. The topological polar surface area (TPSA) is 35.2 Å². The van der Waals surface area contributed by atoms with Gasteiger partial charge >= 0.3 is 0 Å². The van der Waals surface area contributed by atoms with Gasteiger partial charge in [0, 0.05) is 9.58 Å². The fraction of sp³-hybridized carbons (Fsp3) is 0.222. The minimum Gasteiger partial charge on any atom is -0.496 e. The molecule has 0 fully saturated rings. The molecule has 108 valence electrons. The lowest BCUT2D eigenvalue weighted by molar-refractivity contribution is 0.411. The van der Waals surface area contributed by atoms with Crippen molar-refractivity contribution in [1.82, 2.24) is 0 Å². The molecule has 0 aliphatic rings. The minimum atomic E-state index is -0.0907. The van der Waals surface area contributed by atoms with Crippen LogP contribution in [-0.4, -0.2) is 7.11 Å². The summed E-state index contributed by atoms with van der Waals surface area (Å²) in [6, 6.07) is 14.7. The first-order valence-electron chi connectivity index (χ1n) is 6.99. The largest absolute Gasteiger partial charge is 0.496 e. The zero-order valence-electron chi connectivity index (χ0n) is 12.5. The molecule has 2 aromatic carbocycles. The predicted molar refractivity (Wildman–Crippen MR) is 90.3 cm³/mol. The minimum absolute atomic E-state index is 0.0907. The van der Waals surface area contributed by atoms with E-state index in [0.717, 1.165) is 11.3 Å². The molecule has 2 N–H and O–H groups in total. The number of rotatable bonds is 3. The highest BCUT2D eigenvalue weighted by molar-refractivity contribution is 7.19. The van der Waals surface area contributed by atoms with Gasteiger partial charge in [-0.05, 0) is 54.1 Å². The smallest absolute Gasteiger partial charge is 0.122 e. The van der Waals surface area contributed by atoms with Crippen LogP contribution in [0.2, 0.25) is 0 Å². The molecule has 0 aliphatic carbocycles. The average molecular weight is 297 g/mol. The fourth-order valence-corrected chi connectivity index (χ4v) is 3.76. The van der Waals surface area contributed by atoms with Crippen LogP contribution >= 0.6 is 11.3 Å². The van der Waals surface area contributed by atoms with Crippen molar-refractivity contribution in [3.05, 3.63) is 64.0 Å². The number of fused-ring (bicyclic) bond motifs is 1. The SMILES string of the molecule is COc1cc(C)c(C(N)c2cc3ccccc3s2)cc1C. The fourth-order valence-electron chi connectivity index (χ4n) is 2.68. The molecule has 0 bridgehead atoms. The zero-order valence-corrected chi connectivity index (χ0v) is 13.3. The van der Waals surface area contributed by atoms with Gasteiger partial charge < -0.3 is 10.5 Å². The third-order valence-electron chi connectivity index (χ3n) is 3.87. The van der Waals surface area contributed by atoms with Crippen LogP contribution in [-0.2, 0) is 0 Å².